The third-order valence-corrected chi connectivity index (χ3v) is 2.23. The summed E-state index contributed by atoms with van der Waals surface area (Å²) in [6.07, 6.45) is 3.09. The molecule has 0 atom stereocenters. The molecule has 0 aliphatic heterocycles. The molecule has 0 bridgehead atoms. The molecule has 0 unspecified atom stereocenters. The maximum Gasteiger partial charge on any atom is 0.275 e. The van der Waals surface area contributed by atoms with Crippen molar-refractivity contribution in [3.8, 4) is 0 Å². The summed E-state index contributed by atoms with van der Waals surface area (Å²) >= 11 is 0. The van der Waals surface area contributed by atoms with Gasteiger partial charge in [-0.05, 0) is 12.1 Å². The second-order valence-corrected chi connectivity index (χ2v) is 3.37. The van der Waals surface area contributed by atoms with Crippen LogP contribution < -0.4 is 16.6 Å². The number of carbonyl (C=O) groups excluding carboxylic acids is 1. The number of anilines is 2. The standard InChI is InChI=1S/C10H12N6O/c1-16-9(4-5-13-16)14-10(17)8-3-2-7(15-11)6-12-8/h2-6,15H,11H2,1H3,(H,14,17). The maximum atomic E-state index is 11.8. The van der Waals surface area contributed by atoms with Crippen molar-refractivity contribution < 1.29 is 4.79 Å². The molecule has 88 valence electrons. The van der Waals surface area contributed by atoms with Crippen LogP contribution in [0.25, 0.3) is 0 Å². The van der Waals surface area contributed by atoms with Gasteiger partial charge in [-0.15, -0.1) is 0 Å². The van der Waals surface area contributed by atoms with Gasteiger partial charge in [-0.2, -0.15) is 5.10 Å². The topological polar surface area (TPSA) is 97.9 Å². The molecular formula is C10H12N6O. The summed E-state index contributed by atoms with van der Waals surface area (Å²) < 4.78 is 1.56. The van der Waals surface area contributed by atoms with Crippen LogP contribution in [0.4, 0.5) is 11.5 Å². The normalized spacial score (nSPS) is 10.0. The number of carbonyl (C=O) groups is 1. The predicted octanol–water partition coefficient (Wildman–Crippen LogP) is 0.353. The van der Waals surface area contributed by atoms with E-state index in [9.17, 15) is 4.79 Å². The maximum absolute atomic E-state index is 11.8. The molecule has 0 aliphatic carbocycles. The van der Waals surface area contributed by atoms with Crippen molar-refractivity contribution >= 4 is 17.4 Å². The number of nitrogens with two attached hydrogens (primary N) is 1. The van der Waals surface area contributed by atoms with E-state index in [1.165, 1.54) is 6.20 Å². The van der Waals surface area contributed by atoms with Crippen LogP contribution in [-0.2, 0) is 7.05 Å². The Morgan fingerprint density at radius 1 is 1.41 bits per heavy atom. The molecule has 4 N–H and O–H groups in total. The van der Waals surface area contributed by atoms with E-state index >= 15 is 0 Å². The minimum atomic E-state index is -0.294. The first-order valence-electron chi connectivity index (χ1n) is 4.92. The van der Waals surface area contributed by atoms with E-state index in [0.717, 1.165) is 0 Å². The SMILES string of the molecule is Cn1nccc1NC(=O)c1ccc(NN)cn1. The summed E-state index contributed by atoms with van der Waals surface area (Å²) in [6.45, 7) is 0. The highest BCUT2D eigenvalue weighted by molar-refractivity contribution is 6.02. The highest BCUT2D eigenvalue weighted by atomic mass is 16.2. The zero-order valence-electron chi connectivity index (χ0n) is 9.21. The van der Waals surface area contributed by atoms with Gasteiger partial charge in [0.25, 0.3) is 5.91 Å². The summed E-state index contributed by atoms with van der Waals surface area (Å²) in [6, 6.07) is 4.96. The summed E-state index contributed by atoms with van der Waals surface area (Å²) in [5, 5.41) is 6.64. The van der Waals surface area contributed by atoms with Gasteiger partial charge in [-0.3, -0.25) is 15.3 Å². The molecule has 2 aromatic rings. The molecule has 0 saturated heterocycles. The fraction of sp³-hybridized carbons (Fsp3) is 0.100. The van der Waals surface area contributed by atoms with E-state index < -0.39 is 0 Å². The van der Waals surface area contributed by atoms with Crippen LogP contribution in [-0.4, -0.2) is 20.7 Å². The van der Waals surface area contributed by atoms with Crippen molar-refractivity contribution in [2.24, 2.45) is 12.9 Å². The van der Waals surface area contributed by atoms with E-state index in [4.69, 9.17) is 5.84 Å². The lowest BCUT2D eigenvalue weighted by Crippen LogP contribution is -2.16. The zero-order valence-corrected chi connectivity index (χ0v) is 9.21. The molecule has 17 heavy (non-hydrogen) atoms. The Bertz CT molecular complexity index is 518. The first kappa shape index (κ1) is 11.1. The first-order valence-corrected chi connectivity index (χ1v) is 4.92. The highest BCUT2D eigenvalue weighted by Crippen LogP contribution is 2.08. The van der Waals surface area contributed by atoms with Crippen LogP contribution in [0, 0.1) is 0 Å². The van der Waals surface area contributed by atoms with Gasteiger partial charge in [-0.1, -0.05) is 0 Å². The van der Waals surface area contributed by atoms with Gasteiger partial charge in [0.15, 0.2) is 0 Å². The average molecular weight is 232 g/mol. The molecule has 0 aliphatic rings. The Morgan fingerprint density at radius 3 is 2.76 bits per heavy atom. The Morgan fingerprint density at radius 2 is 2.24 bits per heavy atom. The van der Waals surface area contributed by atoms with E-state index in [1.807, 2.05) is 0 Å². The third-order valence-electron chi connectivity index (χ3n) is 2.23. The monoisotopic (exact) mass is 232 g/mol. The van der Waals surface area contributed by atoms with Crippen LogP contribution in [0.1, 0.15) is 10.5 Å². The summed E-state index contributed by atoms with van der Waals surface area (Å²) in [5.74, 6) is 5.52. The fourth-order valence-corrected chi connectivity index (χ4v) is 1.29. The van der Waals surface area contributed by atoms with Gasteiger partial charge in [0.05, 0.1) is 18.1 Å². The number of aryl methyl sites for hydroxylation is 1. The van der Waals surface area contributed by atoms with Crippen molar-refractivity contribution in [3.05, 3.63) is 36.3 Å². The molecule has 2 heterocycles. The van der Waals surface area contributed by atoms with E-state index in [-0.39, 0.29) is 5.91 Å². The van der Waals surface area contributed by atoms with Gasteiger partial charge in [0.2, 0.25) is 0 Å². The second kappa shape index (κ2) is 4.62. The van der Waals surface area contributed by atoms with Crippen molar-refractivity contribution in [2.75, 3.05) is 10.7 Å². The zero-order chi connectivity index (χ0) is 12.3. The van der Waals surface area contributed by atoms with Crippen molar-refractivity contribution in [2.45, 2.75) is 0 Å². The molecule has 0 saturated carbocycles. The number of hydrogen-bond acceptors (Lipinski definition) is 5. The molecule has 0 fully saturated rings. The van der Waals surface area contributed by atoms with Crippen LogP contribution in [0.5, 0.6) is 0 Å². The quantitative estimate of drug-likeness (QED) is 0.524. The smallest absolute Gasteiger partial charge is 0.275 e. The number of pyridine rings is 1. The third kappa shape index (κ3) is 2.40. The summed E-state index contributed by atoms with van der Waals surface area (Å²) in [7, 11) is 1.74. The average Bonchev–Trinajstić information content (AvgIpc) is 2.75. The number of rotatable bonds is 3. The van der Waals surface area contributed by atoms with Crippen LogP contribution in [0.3, 0.4) is 0 Å². The van der Waals surface area contributed by atoms with E-state index in [2.05, 4.69) is 20.8 Å². The number of hydrazine groups is 1. The number of aromatic nitrogens is 3. The number of nitrogen functional groups attached to an aromatic ring is 1. The lowest BCUT2D eigenvalue weighted by Gasteiger charge is -2.05. The molecule has 0 spiro atoms. The Labute approximate surface area is 97.6 Å². The summed E-state index contributed by atoms with van der Waals surface area (Å²) in [5.41, 5.74) is 3.39. The second-order valence-electron chi connectivity index (χ2n) is 3.37. The molecule has 7 heteroatoms. The molecule has 0 aromatic carbocycles. The molecule has 0 radical (unpaired) electrons. The van der Waals surface area contributed by atoms with Crippen molar-refractivity contribution in [3.63, 3.8) is 0 Å². The minimum Gasteiger partial charge on any atom is -0.323 e. The molecular weight excluding hydrogens is 220 g/mol. The first-order chi connectivity index (χ1) is 8.20. The van der Waals surface area contributed by atoms with E-state index in [1.54, 1.807) is 36.1 Å². The van der Waals surface area contributed by atoms with Gasteiger partial charge in [0.1, 0.15) is 11.5 Å². The van der Waals surface area contributed by atoms with Crippen LogP contribution >= 0.6 is 0 Å². The molecule has 1 amide bonds. The Balaban J connectivity index is 2.12. The van der Waals surface area contributed by atoms with Crippen molar-refractivity contribution in [1.29, 1.82) is 0 Å². The Hall–Kier alpha value is -2.41. The lowest BCUT2D eigenvalue weighted by atomic mass is 10.3. The van der Waals surface area contributed by atoms with Crippen LogP contribution in [0.15, 0.2) is 30.6 Å². The molecule has 2 rings (SSSR count). The van der Waals surface area contributed by atoms with Gasteiger partial charge < -0.3 is 10.7 Å². The Kier molecular flexibility index (Phi) is 3.01. The van der Waals surface area contributed by atoms with Gasteiger partial charge in [-0.25, -0.2) is 4.98 Å². The van der Waals surface area contributed by atoms with E-state index in [0.29, 0.717) is 17.2 Å². The summed E-state index contributed by atoms with van der Waals surface area (Å²) in [4.78, 5) is 15.8. The number of amides is 1. The minimum absolute atomic E-state index is 0.294. The van der Waals surface area contributed by atoms with Gasteiger partial charge >= 0.3 is 0 Å². The fourth-order valence-electron chi connectivity index (χ4n) is 1.29. The number of hydrogen-bond donors (Lipinski definition) is 3. The number of nitrogens with zero attached hydrogens (tertiary/aromatic N) is 3. The lowest BCUT2D eigenvalue weighted by molar-refractivity contribution is 0.102. The largest absolute Gasteiger partial charge is 0.323 e. The van der Waals surface area contributed by atoms with Crippen molar-refractivity contribution in [1.82, 2.24) is 14.8 Å². The molecule has 2 aromatic heterocycles. The highest BCUT2D eigenvalue weighted by Gasteiger charge is 2.09. The van der Waals surface area contributed by atoms with Crippen LogP contribution in [0.2, 0.25) is 0 Å². The predicted molar refractivity (Wildman–Crippen MR) is 63.2 cm³/mol. The van der Waals surface area contributed by atoms with Gasteiger partial charge in [0, 0.05) is 13.1 Å². The number of nitrogens with one attached hydrogen (secondary N) is 2. The molecule has 7 nitrogen and oxygen atoms in total.